The lowest BCUT2D eigenvalue weighted by Crippen LogP contribution is -2.21. The molecule has 0 heterocycles. The summed E-state index contributed by atoms with van der Waals surface area (Å²) in [7, 11) is -1.03. The number of unbranched alkanes of at least 4 members (excludes halogenated alkanes) is 6. The molecule has 6 nitrogen and oxygen atoms in total. The molecule has 0 aromatic heterocycles. The number of carbonyl (C=O) groups is 1. The lowest BCUT2D eigenvalue weighted by Gasteiger charge is -2.19. The minimum absolute atomic E-state index is 0.0594. The zero-order valence-electron chi connectivity index (χ0n) is 18.0. The number of carbonyl (C=O) groups excluding carboxylic acids is 1. The van der Waals surface area contributed by atoms with Crippen LogP contribution in [0.5, 0.6) is 0 Å². The molecule has 8 heteroatoms. The van der Waals surface area contributed by atoms with Crippen LogP contribution >= 0.6 is 19.6 Å². The summed E-state index contributed by atoms with van der Waals surface area (Å²) in [5, 5.41) is -0.148. The number of hydrogen-bond acceptors (Lipinski definition) is 7. The van der Waals surface area contributed by atoms with Crippen LogP contribution in [0, 0.1) is 0 Å². The van der Waals surface area contributed by atoms with E-state index in [9.17, 15) is 9.36 Å². The number of allylic oxidation sites excluding steroid dienone is 1. The van der Waals surface area contributed by atoms with E-state index in [0.717, 1.165) is 19.3 Å². The van der Waals surface area contributed by atoms with Crippen molar-refractivity contribution in [3.63, 3.8) is 0 Å². The molecule has 0 fully saturated rings. The monoisotopic (exact) mass is 438 g/mol. The van der Waals surface area contributed by atoms with E-state index in [0.29, 0.717) is 19.6 Å². The van der Waals surface area contributed by atoms with Gasteiger partial charge in [-0.05, 0) is 12.8 Å². The second-order valence-corrected chi connectivity index (χ2v) is 9.75. The maximum Gasteiger partial charge on any atom is 0.474 e. The van der Waals surface area contributed by atoms with E-state index in [-0.39, 0.29) is 17.0 Å². The Hall–Kier alpha value is -0.170. The SMILES string of the molecule is CC/C=C\COC[C@@H](COP(=O)(OC)OC)SC(=O)CCCCCCCCC. The largest absolute Gasteiger partial charge is 0.474 e. The Morgan fingerprint density at radius 3 is 2.21 bits per heavy atom. The lowest BCUT2D eigenvalue weighted by molar-refractivity contribution is -0.111. The van der Waals surface area contributed by atoms with Gasteiger partial charge in [0.1, 0.15) is 0 Å². The number of hydrogen-bond donors (Lipinski definition) is 0. The molecule has 0 unspecified atom stereocenters. The summed E-state index contributed by atoms with van der Waals surface area (Å²) in [5.74, 6) is 0. The molecule has 0 aromatic rings. The first-order chi connectivity index (χ1) is 13.5. The van der Waals surface area contributed by atoms with E-state index >= 15 is 0 Å². The highest BCUT2D eigenvalue weighted by Gasteiger charge is 2.26. The quantitative estimate of drug-likeness (QED) is 0.136. The van der Waals surface area contributed by atoms with Crippen molar-refractivity contribution in [1.82, 2.24) is 0 Å². The molecule has 0 saturated heterocycles. The Morgan fingerprint density at radius 2 is 1.61 bits per heavy atom. The standard InChI is InChI=1S/C20H39O6PS/c1-5-7-9-10-11-12-13-15-20(21)28-19(17-25-16-14-8-6-2)18-26-27(22,23-3)24-4/h8,14,19H,5-7,9-13,15-18H2,1-4H3/b14-8-/t19-/m0/s1. The summed E-state index contributed by atoms with van der Waals surface area (Å²) in [6, 6.07) is 0. The maximum atomic E-state index is 12.3. The number of ether oxygens (including phenoxy) is 1. The zero-order chi connectivity index (χ0) is 21.1. The van der Waals surface area contributed by atoms with Crippen LogP contribution in [0.3, 0.4) is 0 Å². The van der Waals surface area contributed by atoms with Crippen molar-refractivity contribution >= 4 is 24.7 Å². The average Bonchev–Trinajstić information content (AvgIpc) is 2.70. The summed E-state index contributed by atoms with van der Waals surface area (Å²) < 4.78 is 32.5. The Labute approximate surface area is 175 Å². The third-order valence-corrected chi connectivity index (χ3v) is 6.50. The average molecular weight is 439 g/mol. The van der Waals surface area contributed by atoms with Crippen molar-refractivity contribution < 1.29 is 27.7 Å². The molecule has 0 saturated carbocycles. The highest BCUT2D eigenvalue weighted by molar-refractivity contribution is 8.14. The van der Waals surface area contributed by atoms with Crippen molar-refractivity contribution in [2.24, 2.45) is 0 Å². The molecule has 0 radical (unpaired) electrons. The van der Waals surface area contributed by atoms with Crippen LogP contribution in [-0.2, 0) is 27.7 Å². The minimum atomic E-state index is -3.56. The molecule has 1 atom stereocenters. The predicted octanol–water partition coefficient (Wildman–Crippen LogP) is 6.16. The third kappa shape index (κ3) is 15.7. The van der Waals surface area contributed by atoms with Crippen LogP contribution in [0.25, 0.3) is 0 Å². The van der Waals surface area contributed by atoms with Gasteiger partial charge in [0.2, 0.25) is 0 Å². The molecule has 0 aromatic carbocycles. The van der Waals surface area contributed by atoms with Crippen LogP contribution < -0.4 is 0 Å². The van der Waals surface area contributed by atoms with Crippen LogP contribution in [0.1, 0.15) is 71.6 Å². The fraction of sp³-hybridized carbons (Fsp3) is 0.850. The highest BCUT2D eigenvalue weighted by atomic mass is 32.2. The van der Waals surface area contributed by atoms with E-state index < -0.39 is 7.82 Å². The second kappa shape index (κ2) is 18.8. The summed E-state index contributed by atoms with van der Waals surface area (Å²) in [4.78, 5) is 12.3. The van der Waals surface area contributed by atoms with Crippen LogP contribution in [-0.4, -0.2) is 44.4 Å². The fourth-order valence-electron chi connectivity index (χ4n) is 2.44. The first-order valence-electron chi connectivity index (χ1n) is 10.3. The first kappa shape index (κ1) is 27.8. The highest BCUT2D eigenvalue weighted by Crippen LogP contribution is 2.47. The van der Waals surface area contributed by atoms with E-state index in [4.69, 9.17) is 18.3 Å². The summed E-state index contributed by atoms with van der Waals surface area (Å²) in [6.07, 6.45) is 13.7. The molecular weight excluding hydrogens is 399 g/mol. The van der Waals surface area contributed by atoms with E-state index in [1.165, 1.54) is 58.1 Å². The van der Waals surface area contributed by atoms with Crippen molar-refractivity contribution in [3.05, 3.63) is 12.2 Å². The third-order valence-electron chi connectivity index (χ3n) is 4.07. The van der Waals surface area contributed by atoms with Crippen LogP contribution in [0.15, 0.2) is 12.2 Å². The molecule has 28 heavy (non-hydrogen) atoms. The number of phosphoric acid groups is 1. The normalized spacial score (nSPS) is 13.3. The molecule has 166 valence electrons. The van der Waals surface area contributed by atoms with Gasteiger partial charge in [-0.3, -0.25) is 18.4 Å². The molecule has 0 bridgehead atoms. The Balaban J connectivity index is 4.30. The van der Waals surface area contributed by atoms with Crippen LogP contribution in [0.2, 0.25) is 0 Å². The van der Waals surface area contributed by atoms with Crippen LogP contribution in [0.4, 0.5) is 0 Å². The van der Waals surface area contributed by atoms with Gasteiger partial charge >= 0.3 is 7.82 Å². The van der Waals surface area contributed by atoms with Crippen molar-refractivity contribution in [2.75, 3.05) is 34.0 Å². The second-order valence-electron chi connectivity index (χ2n) is 6.51. The number of phosphoric ester groups is 1. The van der Waals surface area contributed by atoms with Gasteiger partial charge in [0, 0.05) is 20.6 Å². The molecular formula is C20H39O6PS. The van der Waals surface area contributed by atoms with Gasteiger partial charge in [0.25, 0.3) is 0 Å². The molecule has 0 rings (SSSR count). The smallest absolute Gasteiger partial charge is 0.376 e. The molecule has 0 amide bonds. The van der Waals surface area contributed by atoms with Gasteiger partial charge in [0.05, 0.1) is 25.1 Å². The summed E-state index contributed by atoms with van der Waals surface area (Å²) >= 11 is 1.20. The molecule has 0 spiro atoms. The van der Waals surface area contributed by atoms with Crippen molar-refractivity contribution in [1.29, 1.82) is 0 Å². The molecule has 0 aliphatic rings. The van der Waals surface area contributed by atoms with E-state index in [2.05, 4.69) is 13.8 Å². The van der Waals surface area contributed by atoms with Gasteiger partial charge in [-0.2, -0.15) is 0 Å². The topological polar surface area (TPSA) is 71.1 Å². The Morgan fingerprint density at radius 1 is 0.964 bits per heavy atom. The van der Waals surface area contributed by atoms with E-state index in [1.54, 1.807) is 0 Å². The zero-order valence-corrected chi connectivity index (χ0v) is 19.7. The Bertz CT molecular complexity index is 450. The lowest BCUT2D eigenvalue weighted by atomic mass is 10.1. The molecule has 0 aliphatic heterocycles. The van der Waals surface area contributed by atoms with Gasteiger partial charge in [-0.1, -0.05) is 76.3 Å². The van der Waals surface area contributed by atoms with Gasteiger partial charge in [-0.25, -0.2) is 4.57 Å². The Kier molecular flexibility index (Phi) is 18.7. The fourth-order valence-corrected chi connectivity index (χ4v) is 4.20. The molecule has 0 N–H and O–H groups in total. The minimum Gasteiger partial charge on any atom is -0.376 e. The molecule has 0 aliphatic carbocycles. The van der Waals surface area contributed by atoms with Gasteiger partial charge in [0.15, 0.2) is 5.12 Å². The summed E-state index contributed by atoms with van der Waals surface area (Å²) in [6.45, 7) is 5.12. The summed E-state index contributed by atoms with van der Waals surface area (Å²) in [5.41, 5.74) is 0. The first-order valence-corrected chi connectivity index (χ1v) is 12.6. The van der Waals surface area contributed by atoms with Crippen molar-refractivity contribution in [2.45, 2.75) is 76.9 Å². The number of rotatable bonds is 19. The maximum absolute atomic E-state index is 12.3. The number of thioether (sulfide) groups is 1. The van der Waals surface area contributed by atoms with Gasteiger partial charge in [-0.15, -0.1) is 0 Å². The predicted molar refractivity (Wildman–Crippen MR) is 117 cm³/mol. The van der Waals surface area contributed by atoms with Crippen molar-refractivity contribution in [3.8, 4) is 0 Å². The van der Waals surface area contributed by atoms with Gasteiger partial charge < -0.3 is 4.74 Å². The van der Waals surface area contributed by atoms with E-state index in [1.807, 2.05) is 12.2 Å².